The SMILES string of the molecule is Nc1c(Cl)cc(CN2CCC(N3CCCCC3)C2)cc1Cl. The maximum absolute atomic E-state index is 6.12. The normalized spacial score (nSPS) is 24.6. The molecule has 1 aromatic carbocycles. The topological polar surface area (TPSA) is 32.5 Å². The predicted molar refractivity (Wildman–Crippen MR) is 90.0 cm³/mol. The number of likely N-dealkylation sites (tertiary alicyclic amines) is 2. The van der Waals surface area contributed by atoms with Crippen LogP contribution in [0.4, 0.5) is 5.69 Å². The molecule has 116 valence electrons. The Morgan fingerprint density at radius 3 is 2.38 bits per heavy atom. The smallest absolute Gasteiger partial charge is 0.0693 e. The van der Waals surface area contributed by atoms with E-state index in [0.717, 1.165) is 31.2 Å². The first kappa shape index (κ1) is 15.4. The lowest BCUT2D eigenvalue weighted by Gasteiger charge is -2.32. The van der Waals surface area contributed by atoms with E-state index in [4.69, 9.17) is 28.9 Å². The average Bonchev–Trinajstić information content (AvgIpc) is 2.94. The van der Waals surface area contributed by atoms with Gasteiger partial charge in [0.05, 0.1) is 15.7 Å². The average molecular weight is 328 g/mol. The van der Waals surface area contributed by atoms with Gasteiger partial charge in [0.25, 0.3) is 0 Å². The quantitative estimate of drug-likeness (QED) is 0.860. The van der Waals surface area contributed by atoms with E-state index >= 15 is 0 Å². The highest BCUT2D eigenvalue weighted by molar-refractivity contribution is 6.38. The summed E-state index contributed by atoms with van der Waals surface area (Å²) >= 11 is 12.2. The van der Waals surface area contributed by atoms with Crippen molar-refractivity contribution in [1.82, 2.24) is 9.80 Å². The molecule has 3 rings (SSSR count). The van der Waals surface area contributed by atoms with E-state index < -0.39 is 0 Å². The molecule has 3 nitrogen and oxygen atoms in total. The summed E-state index contributed by atoms with van der Waals surface area (Å²) in [5.41, 5.74) is 7.43. The zero-order valence-corrected chi connectivity index (χ0v) is 13.8. The van der Waals surface area contributed by atoms with Gasteiger partial charge in [-0.25, -0.2) is 0 Å². The van der Waals surface area contributed by atoms with Gasteiger partial charge in [-0.05, 0) is 50.0 Å². The number of benzene rings is 1. The van der Waals surface area contributed by atoms with Gasteiger partial charge in [0, 0.05) is 25.7 Å². The second-order valence-corrected chi connectivity index (χ2v) is 7.06. The van der Waals surface area contributed by atoms with Crippen LogP contribution in [0.15, 0.2) is 12.1 Å². The van der Waals surface area contributed by atoms with Crippen molar-refractivity contribution in [2.75, 3.05) is 31.9 Å². The molecule has 5 heteroatoms. The molecule has 0 spiro atoms. The number of rotatable bonds is 3. The first-order valence-corrected chi connectivity index (χ1v) is 8.59. The summed E-state index contributed by atoms with van der Waals surface area (Å²) in [7, 11) is 0. The van der Waals surface area contributed by atoms with Crippen molar-refractivity contribution in [3.63, 3.8) is 0 Å². The van der Waals surface area contributed by atoms with Gasteiger partial charge in [-0.2, -0.15) is 0 Å². The molecule has 0 amide bonds. The van der Waals surface area contributed by atoms with Gasteiger partial charge >= 0.3 is 0 Å². The third-order valence-electron chi connectivity index (χ3n) is 4.70. The summed E-state index contributed by atoms with van der Waals surface area (Å²) in [5, 5.41) is 1.12. The van der Waals surface area contributed by atoms with Crippen molar-refractivity contribution in [1.29, 1.82) is 0 Å². The Bertz CT molecular complexity index is 477. The Balaban J connectivity index is 1.59. The Morgan fingerprint density at radius 1 is 1.05 bits per heavy atom. The molecule has 0 aromatic heterocycles. The summed E-state index contributed by atoms with van der Waals surface area (Å²) in [5.74, 6) is 0. The Labute approximate surface area is 137 Å². The molecular formula is C16H23Cl2N3. The zero-order chi connectivity index (χ0) is 14.8. The third kappa shape index (κ3) is 3.65. The molecule has 2 aliphatic rings. The van der Waals surface area contributed by atoms with E-state index in [-0.39, 0.29) is 0 Å². The number of nitrogens with zero attached hydrogens (tertiary/aromatic N) is 2. The third-order valence-corrected chi connectivity index (χ3v) is 5.32. The van der Waals surface area contributed by atoms with Gasteiger partial charge in [0.2, 0.25) is 0 Å². The van der Waals surface area contributed by atoms with Crippen LogP contribution < -0.4 is 5.73 Å². The summed E-state index contributed by atoms with van der Waals surface area (Å²) in [6.45, 7) is 5.76. The van der Waals surface area contributed by atoms with E-state index in [2.05, 4.69) is 9.80 Å². The Hall–Kier alpha value is -0.480. The minimum atomic E-state index is 0.481. The predicted octanol–water partition coefficient (Wildman–Crippen LogP) is 3.64. The van der Waals surface area contributed by atoms with Gasteiger partial charge in [-0.15, -0.1) is 0 Å². The van der Waals surface area contributed by atoms with E-state index in [1.54, 1.807) is 0 Å². The van der Waals surface area contributed by atoms with Crippen LogP contribution in [0, 0.1) is 0 Å². The van der Waals surface area contributed by atoms with Gasteiger partial charge in [0.15, 0.2) is 0 Å². The largest absolute Gasteiger partial charge is 0.396 e. The molecule has 1 unspecified atom stereocenters. The molecular weight excluding hydrogens is 305 g/mol. The fourth-order valence-corrected chi connectivity index (χ4v) is 4.06. The van der Waals surface area contributed by atoms with Crippen LogP contribution >= 0.6 is 23.2 Å². The number of halogens is 2. The van der Waals surface area contributed by atoms with Crippen molar-refractivity contribution < 1.29 is 0 Å². The number of nitrogen functional groups attached to an aromatic ring is 1. The molecule has 2 aliphatic heterocycles. The highest BCUT2D eigenvalue weighted by Gasteiger charge is 2.28. The van der Waals surface area contributed by atoms with E-state index in [0.29, 0.717) is 15.7 Å². The van der Waals surface area contributed by atoms with Crippen LogP contribution in [0.2, 0.25) is 10.0 Å². The highest BCUT2D eigenvalue weighted by atomic mass is 35.5. The lowest BCUT2D eigenvalue weighted by Crippen LogP contribution is -2.40. The van der Waals surface area contributed by atoms with Gasteiger partial charge in [0.1, 0.15) is 0 Å². The Kier molecular flexibility index (Phi) is 4.95. The molecule has 1 atom stereocenters. The van der Waals surface area contributed by atoms with Crippen LogP contribution in [0.25, 0.3) is 0 Å². The zero-order valence-electron chi connectivity index (χ0n) is 12.3. The lowest BCUT2D eigenvalue weighted by molar-refractivity contribution is 0.161. The van der Waals surface area contributed by atoms with Crippen LogP contribution in [0.3, 0.4) is 0 Å². The van der Waals surface area contributed by atoms with Crippen LogP contribution in [0.1, 0.15) is 31.2 Å². The van der Waals surface area contributed by atoms with Crippen molar-refractivity contribution in [3.05, 3.63) is 27.7 Å². The maximum atomic E-state index is 6.12. The molecule has 2 heterocycles. The van der Waals surface area contributed by atoms with Crippen molar-refractivity contribution in [2.45, 2.75) is 38.3 Å². The van der Waals surface area contributed by atoms with E-state index in [1.165, 1.54) is 38.8 Å². The van der Waals surface area contributed by atoms with E-state index in [9.17, 15) is 0 Å². The van der Waals surface area contributed by atoms with Crippen LogP contribution in [-0.2, 0) is 6.54 Å². The number of nitrogens with two attached hydrogens (primary N) is 1. The first-order valence-electron chi connectivity index (χ1n) is 7.83. The fourth-order valence-electron chi connectivity index (χ4n) is 3.52. The van der Waals surface area contributed by atoms with Crippen LogP contribution in [-0.4, -0.2) is 42.0 Å². The van der Waals surface area contributed by atoms with Gasteiger partial charge in [-0.3, -0.25) is 9.80 Å². The maximum Gasteiger partial charge on any atom is 0.0693 e. The van der Waals surface area contributed by atoms with Crippen LogP contribution in [0.5, 0.6) is 0 Å². The summed E-state index contributed by atoms with van der Waals surface area (Å²) in [4.78, 5) is 5.17. The molecule has 0 radical (unpaired) electrons. The molecule has 0 bridgehead atoms. The summed E-state index contributed by atoms with van der Waals surface area (Å²) in [6.07, 6.45) is 5.39. The molecule has 1 aromatic rings. The number of hydrogen-bond acceptors (Lipinski definition) is 3. The molecule has 2 saturated heterocycles. The van der Waals surface area contributed by atoms with E-state index in [1.807, 2.05) is 12.1 Å². The lowest BCUT2D eigenvalue weighted by atomic mass is 10.1. The minimum Gasteiger partial charge on any atom is -0.396 e. The molecule has 0 aliphatic carbocycles. The second kappa shape index (κ2) is 6.74. The molecule has 2 fully saturated rings. The molecule has 21 heavy (non-hydrogen) atoms. The van der Waals surface area contributed by atoms with Gasteiger partial charge < -0.3 is 5.73 Å². The molecule has 2 N–H and O–H groups in total. The number of anilines is 1. The number of hydrogen-bond donors (Lipinski definition) is 1. The number of piperidine rings is 1. The fraction of sp³-hybridized carbons (Fsp3) is 0.625. The summed E-state index contributed by atoms with van der Waals surface area (Å²) < 4.78 is 0. The van der Waals surface area contributed by atoms with Crippen molar-refractivity contribution >= 4 is 28.9 Å². The Morgan fingerprint density at radius 2 is 1.71 bits per heavy atom. The second-order valence-electron chi connectivity index (χ2n) is 6.25. The standard InChI is InChI=1S/C16H23Cl2N3/c17-14-8-12(9-15(18)16(14)19)10-20-7-4-13(11-20)21-5-2-1-3-6-21/h8-9,13H,1-7,10-11,19H2. The minimum absolute atomic E-state index is 0.481. The van der Waals surface area contributed by atoms with Gasteiger partial charge in [-0.1, -0.05) is 29.6 Å². The monoisotopic (exact) mass is 327 g/mol. The van der Waals surface area contributed by atoms with Crippen molar-refractivity contribution in [3.8, 4) is 0 Å². The van der Waals surface area contributed by atoms with Crippen molar-refractivity contribution in [2.24, 2.45) is 0 Å². The summed E-state index contributed by atoms with van der Waals surface area (Å²) in [6, 6.07) is 4.61. The first-order chi connectivity index (χ1) is 10.1. The molecule has 0 saturated carbocycles. The highest BCUT2D eigenvalue weighted by Crippen LogP contribution is 2.30.